The first-order chi connectivity index (χ1) is 15.2. The molecule has 1 aromatic heterocycles. The van der Waals surface area contributed by atoms with Crippen LogP contribution in [0.4, 0.5) is 14.5 Å². The molecule has 5 nitrogen and oxygen atoms in total. The van der Waals surface area contributed by atoms with Crippen molar-refractivity contribution in [3.05, 3.63) is 77.9 Å². The molecule has 0 bridgehead atoms. The fourth-order valence-electron chi connectivity index (χ4n) is 4.04. The molecule has 1 unspecified atom stereocenters. The van der Waals surface area contributed by atoms with Gasteiger partial charge in [-0.1, -0.05) is 19.1 Å². The van der Waals surface area contributed by atoms with Gasteiger partial charge in [0.15, 0.2) is 0 Å². The van der Waals surface area contributed by atoms with E-state index in [2.05, 4.69) is 0 Å². The SMILES string of the molecule is CCc1ccc(N(CC(O)Cn2c3ccc(F)cc3c3cc(F)ccc32)S(C)(=O)=O)cc1. The van der Waals surface area contributed by atoms with E-state index in [1.807, 2.05) is 19.1 Å². The fraction of sp³-hybridized carbons (Fsp3) is 0.250. The second-order valence-electron chi connectivity index (χ2n) is 7.90. The number of rotatable bonds is 7. The van der Waals surface area contributed by atoms with Gasteiger partial charge in [0.25, 0.3) is 0 Å². The van der Waals surface area contributed by atoms with Crippen molar-refractivity contribution >= 4 is 37.5 Å². The first-order valence-corrected chi connectivity index (χ1v) is 12.1. The zero-order chi connectivity index (χ0) is 23.0. The number of benzene rings is 3. The number of anilines is 1. The third-order valence-electron chi connectivity index (χ3n) is 5.59. The molecule has 0 radical (unpaired) electrons. The van der Waals surface area contributed by atoms with Gasteiger partial charge in [0.1, 0.15) is 11.6 Å². The second kappa shape index (κ2) is 8.52. The van der Waals surface area contributed by atoms with Crippen LogP contribution in [-0.4, -0.2) is 37.0 Å². The minimum Gasteiger partial charge on any atom is -0.389 e. The smallest absolute Gasteiger partial charge is 0.232 e. The van der Waals surface area contributed by atoms with Gasteiger partial charge in [-0.15, -0.1) is 0 Å². The van der Waals surface area contributed by atoms with Crippen molar-refractivity contribution in [3.63, 3.8) is 0 Å². The van der Waals surface area contributed by atoms with Gasteiger partial charge in [-0.25, -0.2) is 17.2 Å². The first-order valence-electron chi connectivity index (χ1n) is 10.3. The number of aliphatic hydroxyl groups is 1. The van der Waals surface area contributed by atoms with Crippen molar-refractivity contribution in [2.75, 3.05) is 17.1 Å². The monoisotopic (exact) mass is 458 g/mol. The maximum atomic E-state index is 13.9. The molecule has 8 heteroatoms. The quantitative estimate of drug-likeness (QED) is 0.445. The number of nitrogens with zero attached hydrogens (tertiary/aromatic N) is 2. The molecule has 32 heavy (non-hydrogen) atoms. The molecule has 1 N–H and O–H groups in total. The Kier molecular flexibility index (Phi) is 5.92. The Morgan fingerprint density at radius 3 is 1.94 bits per heavy atom. The third-order valence-corrected chi connectivity index (χ3v) is 6.75. The minimum absolute atomic E-state index is 0.0519. The highest BCUT2D eigenvalue weighted by Crippen LogP contribution is 2.31. The first kappa shape index (κ1) is 22.2. The lowest BCUT2D eigenvalue weighted by atomic mass is 10.1. The molecule has 0 aliphatic heterocycles. The summed E-state index contributed by atoms with van der Waals surface area (Å²) < 4.78 is 55.5. The van der Waals surface area contributed by atoms with E-state index in [0.717, 1.165) is 18.2 Å². The van der Waals surface area contributed by atoms with E-state index < -0.39 is 27.8 Å². The maximum absolute atomic E-state index is 13.9. The molecular formula is C24H24F2N2O3S. The fourth-order valence-corrected chi connectivity index (χ4v) is 4.98. The summed E-state index contributed by atoms with van der Waals surface area (Å²) in [5, 5.41) is 11.9. The van der Waals surface area contributed by atoms with Crippen molar-refractivity contribution in [2.45, 2.75) is 26.0 Å². The number of aliphatic hydroxyl groups excluding tert-OH is 1. The van der Waals surface area contributed by atoms with Gasteiger partial charge in [0.05, 0.1) is 31.1 Å². The van der Waals surface area contributed by atoms with Gasteiger partial charge in [-0.2, -0.15) is 0 Å². The van der Waals surface area contributed by atoms with Crippen LogP contribution in [0.25, 0.3) is 21.8 Å². The number of fused-ring (bicyclic) bond motifs is 3. The lowest BCUT2D eigenvalue weighted by Gasteiger charge is -2.26. The van der Waals surface area contributed by atoms with Gasteiger partial charge < -0.3 is 9.67 Å². The van der Waals surface area contributed by atoms with Crippen LogP contribution in [0.1, 0.15) is 12.5 Å². The Labute approximate surface area is 185 Å². The highest BCUT2D eigenvalue weighted by molar-refractivity contribution is 7.92. The van der Waals surface area contributed by atoms with E-state index in [1.54, 1.807) is 28.8 Å². The Morgan fingerprint density at radius 2 is 1.47 bits per heavy atom. The summed E-state index contributed by atoms with van der Waals surface area (Å²) in [5.74, 6) is -0.889. The van der Waals surface area contributed by atoms with Gasteiger partial charge in [0, 0.05) is 21.8 Å². The van der Waals surface area contributed by atoms with E-state index in [4.69, 9.17) is 0 Å². The van der Waals surface area contributed by atoms with Gasteiger partial charge in [-0.3, -0.25) is 4.31 Å². The molecule has 0 amide bonds. The molecule has 0 saturated carbocycles. The zero-order valence-corrected chi connectivity index (χ0v) is 18.6. The summed E-state index contributed by atoms with van der Waals surface area (Å²) >= 11 is 0. The molecule has 4 rings (SSSR count). The van der Waals surface area contributed by atoms with Crippen molar-refractivity contribution < 1.29 is 22.3 Å². The Balaban J connectivity index is 1.70. The molecule has 4 aromatic rings. The van der Waals surface area contributed by atoms with E-state index in [9.17, 15) is 22.3 Å². The van der Waals surface area contributed by atoms with Gasteiger partial charge in [0.2, 0.25) is 10.0 Å². The van der Waals surface area contributed by atoms with Crippen LogP contribution >= 0.6 is 0 Å². The zero-order valence-electron chi connectivity index (χ0n) is 17.8. The Hall–Kier alpha value is -2.97. The summed E-state index contributed by atoms with van der Waals surface area (Å²) in [5.41, 5.74) is 2.80. The van der Waals surface area contributed by atoms with Crippen LogP contribution in [0.15, 0.2) is 60.7 Å². The summed E-state index contributed by atoms with van der Waals surface area (Å²) in [6.07, 6.45) is 0.862. The van der Waals surface area contributed by atoms with Crippen molar-refractivity contribution in [1.82, 2.24) is 4.57 Å². The molecule has 0 saturated heterocycles. The predicted molar refractivity (Wildman–Crippen MR) is 123 cm³/mol. The van der Waals surface area contributed by atoms with Crippen LogP contribution < -0.4 is 4.31 Å². The summed E-state index contributed by atoms with van der Waals surface area (Å²) in [4.78, 5) is 0. The van der Waals surface area contributed by atoms with Crippen LogP contribution in [0, 0.1) is 11.6 Å². The number of halogens is 2. The van der Waals surface area contributed by atoms with Crippen molar-refractivity contribution in [1.29, 1.82) is 0 Å². The lowest BCUT2D eigenvalue weighted by Crippen LogP contribution is -2.38. The topological polar surface area (TPSA) is 62.5 Å². The number of aromatic nitrogens is 1. The van der Waals surface area contributed by atoms with Gasteiger partial charge >= 0.3 is 0 Å². The molecule has 3 aromatic carbocycles. The predicted octanol–water partition coefficient (Wildman–Crippen LogP) is 4.46. The van der Waals surface area contributed by atoms with E-state index in [1.165, 1.54) is 28.6 Å². The number of aryl methyl sites for hydroxylation is 1. The molecule has 1 atom stereocenters. The summed E-state index contributed by atoms with van der Waals surface area (Å²) in [7, 11) is -3.64. The maximum Gasteiger partial charge on any atom is 0.232 e. The molecule has 168 valence electrons. The minimum atomic E-state index is -3.64. The highest BCUT2D eigenvalue weighted by atomic mass is 32.2. The van der Waals surface area contributed by atoms with Crippen LogP contribution in [0.5, 0.6) is 0 Å². The van der Waals surface area contributed by atoms with Crippen molar-refractivity contribution in [3.8, 4) is 0 Å². The summed E-state index contributed by atoms with van der Waals surface area (Å²) in [6, 6.07) is 15.6. The molecule has 0 spiro atoms. The summed E-state index contributed by atoms with van der Waals surface area (Å²) in [6.45, 7) is 1.90. The van der Waals surface area contributed by atoms with Crippen LogP contribution in [-0.2, 0) is 23.0 Å². The van der Waals surface area contributed by atoms with Gasteiger partial charge in [-0.05, 0) is 60.5 Å². The second-order valence-corrected chi connectivity index (χ2v) is 9.81. The molecule has 0 aliphatic rings. The third kappa shape index (κ3) is 4.33. The number of sulfonamides is 1. The average molecular weight is 459 g/mol. The average Bonchev–Trinajstić information content (AvgIpc) is 3.03. The van der Waals surface area contributed by atoms with E-state index >= 15 is 0 Å². The van der Waals surface area contributed by atoms with E-state index in [0.29, 0.717) is 27.5 Å². The number of hydrogen-bond acceptors (Lipinski definition) is 3. The molecular weight excluding hydrogens is 434 g/mol. The lowest BCUT2D eigenvalue weighted by molar-refractivity contribution is 0.166. The molecule has 0 aliphatic carbocycles. The van der Waals surface area contributed by atoms with Crippen LogP contribution in [0.2, 0.25) is 0 Å². The Morgan fingerprint density at radius 1 is 0.938 bits per heavy atom. The molecule has 0 fully saturated rings. The highest BCUT2D eigenvalue weighted by Gasteiger charge is 2.23. The van der Waals surface area contributed by atoms with Crippen molar-refractivity contribution in [2.24, 2.45) is 0 Å². The largest absolute Gasteiger partial charge is 0.389 e. The number of hydrogen-bond donors (Lipinski definition) is 1. The van der Waals surface area contributed by atoms with Crippen LogP contribution in [0.3, 0.4) is 0 Å². The normalized spacial score (nSPS) is 13.0. The van der Waals surface area contributed by atoms with E-state index in [-0.39, 0.29) is 13.1 Å². The molecule has 1 heterocycles. The standard InChI is InChI=1S/C24H24F2N2O3S/c1-3-16-4-8-19(9-5-16)28(32(2,30)31)15-20(29)14-27-23-10-6-17(25)12-21(23)22-13-18(26)7-11-24(22)27/h4-13,20,29H,3,14-15H2,1-2H3. The Bertz CT molecular complexity index is 1320.